The number of hydrogen-bond donors (Lipinski definition) is 1. The monoisotopic (exact) mass is 331 g/mol. The molecular weight excluding hydrogens is 314 g/mol. The molecule has 1 N–H and O–H groups in total. The molecule has 23 heavy (non-hydrogen) atoms. The Morgan fingerprint density at radius 3 is 2.52 bits per heavy atom. The van der Waals surface area contributed by atoms with Gasteiger partial charge in [-0.25, -0.2) is 4.79 Å². The van der Waals surface area contributed by atoms with E-state index >= 15 is 0 Å². The molecular formula is C17H18ClN3O2. The second kappa shape index (κ2) is 7.74. The molecule has 0 amide bonds. The topological polar surface area (TPSA) is 65.3 Å². The van der Waals surface area contributed by atoms with Gasteiger partial charge < -0.3 is 10.0 Å². The summed E-state index contributed by atoms with van der Waals surface area (Å²) >= 11 is 5.75. The van der Waals surface area contributed by atoms with Crippen LogP contribution < -0.4 is 4.90 Å². The fraction of sp³-hybridized carbons (Fsp3) is 0.235. The molecule has 0 aliphatic carbocycles. The highest BCUT2D eigenvalue weighted by molar-refractivity contribution is 6.18. The zero-order chi connectivity index (χ0) is 16.8. The number of benzene rings is 2. The molecule has 0 unspecified atom stereocenters. The predicted molar refractivity (Wildman–Crippen MR) is 92.7 cm³/mol. The lowest BCUT2D eigenvalue weighted by Crippen LogP contribution is -2.19. The van der Waals surface area contributed by atoms with Crippen LogP contribution in [-0.2, 0) is 0 Å². The summed E-state index contributed by atoms with van der Waals surface area (Å²) < 4.78 is 0. The number of carboxylic acid groups (broad SMARTS) is 1. The highest BCUT2D eigenvalue weighted by Crippen LogP contribution is 2.27. The highest BCUT2D eigenvalue weighted by atomic mass is 35.5. The number of carbonyl (C=O) groups is 1. The van der Waals surface area contributed by atoms with Crippen molar-refractivity contribution in [2.75, 3.05) is 24.4 Å². The normalized spacial score (nSPS) is 10.9. The average molecular weight is 332 g/mol. The maximum absolute atomic E-state index is 11.2. The molecule has 0 aliphatic rings. The van der Waals surface area contributed by atoms with E-state index in [1.807, 2.05) is 32.2 Å². The summed E-state index contributed by atoms with van der Waals surface area (Å²) in [4.78, 5) is 13.2. The number of alkyl halides is 1. The molecule has 6 heteroatoms. The van der Waals surface area contributed by atoms with Crippen molar-refractivity contribution in [3.8, 4) is 0 Å². The Kier molecular flexibility index (Phi) is 5.71. The first-order valence-electron chi connectivity index (χ1n) is 7.14. The van der Waals surface area contributed by atoms with Gasteiger partial charge in [-0.05, 0) is 42.8 Å². The van der Waals surface area contributed by atoms with E-state index in [9.17, 15) is 4.79 Å². The number of aryl methyl sites for hydroxylation is 1. The van der Waals surface area contributed by atoms with E-state index in [1.54, 1.807) is 18.2 Å². The van der Waals surface area contributed by atoms with E-state index in [0.717, 1.165) is 17.8 Å². The van der Waals surface area contributed by atoms with E-state index in [2.05, 4.69) is 15.1 Å². The predicted octanol–water partition coefficient (Wildman–Crippen LogP) is 4.78. The number of azo groups is 1. The van der Waals surface area contributed by atoms with Crippen molar-refractivity contribution in [1.82, 2.24) is 0 Å². The first-order chi connectivity index (χ1) is 11.0. The average Bonchev–Trinajstić information content (AvgIpc) is 2.54. The van der Waals surface area contributed by atoms with Crippen molar-refractivity contribution >= 4 is 34.6 Å². The van der Waals surface area contributed by atoms with Crippen molar-refractivity contribution in [3.63, 3.8) is 0 Å². The van der Waals surface area contributed by atoms with Gasteiger partial charge in [-0.2, -0.15) is 5.11 Å². The lowest BCUT2D eigenvalue weighted by Gasteiger charge is -2.18. The standard InChI is InChI=1S/C17H18ClN3O2/c1-12-11-13(21(2)10-9-18)7-8-15(12)19-20-16-6-4-3-5-14(16)17(22)23/h3-8,11H,9-10H2,1-2H3,(H,22,23). The van der Waals surface area contributed by atoms with Crippen LogP contribution in [0.3, 0.4) is 0 Å². The second-order valence-electron chi connectivity index (χ2n) is 5.10. The van der Waals surface area contributed by atoms with Crippen molar-refractivity contribution in [3.05, 3.63) is 53.6 Å². The summed E-state index contributed by atoms with van der Waals surface area (Å²) in [6.45, 7) is 2.70. The number of rotatable bonds is 6. The molecule has 120 valence electrons. The van der Waals surface area contributed by atoms with E-state index in [1.165, 1.54) is 6.07 Å². The number of nitrogens with zero attached hydrogens (tertiary/aromatic N) is 3. The van der Waals surface area contributed by atoms with Gasteiger partial charge in [-0.15, -0.1) is 16.7 Å². The number of aromatic carboxylic acids is 1. The van der Waals surface area contributed by atoms with E-state index in [-0.39, 0.29) is 5.56 Å². The van der Waals surface area contributed by atoms with Gasteiger partial charge in [-0.1, -0.05) is 12.1 Å². The first kappa shape index (κ1) is 17.0. The molecule has 5 nitrogen and oxygen atoms in total. The Morgan fingerprint density at radius 2 is 1.87 bits per heavy atom. The minimum absolute atomic E-state index is 0.132. The third kappa shape index (κ3) is 4.29. The molecule has 0 saturated heterocycles. The van der Waals surface area contributed by atoms with E-state index < -0.39 is 5.97 Å². The van der Waals surface area contributed by atoms with Crippen LogP contribution in [0, 0.1) is 6.92 Å². The zero-order valence-corrected chi connectivity index (χ0v) is 13.8. The molecule has 0 heterocycles. The Bertz CT molecular complexity index is 732. The second-order valence-corrected chi connectivity index (χ2v) is 5.48. The summed E-state index contributed by atoms with van der Waals surface area (Å²) in [5.74, 6) is -0.461. The van der Waals surface area contributed by atoms with Crippen molar-refractivity contribution in [1.29, 1.82) is 0 Å². The van der Waals surface area contributed by atoms with Crippen LogP contribution in [0.2, 0.25) is 0 Å². The maximum Gasteiger partial charge on any atom is 0.337 e. The highest BCUT2D eigenvalue weighted by Gasteiger charge is 2.08. The molecule has 2 aromatic rings. The third-order valence-corrected chi connectivity index (χ3v) is 3.61. The summed E-state index contributed by atoms with van der Waals surface area (Å²) in [5.41, 5.74) is 3.18. The molecule has 0 bridgehead atoms. The first-order valence-corrected chi connectivity index (χ1v) is 7.68. The molecule has 0 aromatic heterocycles. The fourth-order valence-electron chi connectivity index (χ4n) is 2.09. The Labute approximate surface area is 140 Å². The minimum Gasteiger partial charge on any atom is -0.478 e. The number of carboxylic acids is 1. The number of halogens is 1. The van der Waals surface area contributed by atoms with E-state index in [0.29, 0.717) is 17.3 Å². The van der Waals surface area contributed by atoms with Gasteiger partial charge >= 0.3 is 5.97 Å². The van der Waals surface area contributed by atoms with Crippen LogP contribution in [0.15, 0.2) is 52.7 Å². The smallest absolute Gasteiger partial charge is 0.337 e. The van der Waals surface area contributed by atoms with Gasteiger partial charge in [0.15, 0.2) is 0 Å². The van der Waals surface area contributed by atoms with Crippen molar-refractivity contribution < 1.29 is 9.90 Å². The van der Waals surface area contributed by atoms with Gasteiger partial charge in [0.1, 0.15) is 5.69 Å². The molecule has 2 rings (SSSR count). The minimum atomic E-state index is -1.02. The van der Waals surface area contributed by atoms with E-state index in [4.69, 9.17) is 16.7 Å². The lowest BCUT2D eigenvalue weighted by atomic mass is 10.1. The molecule has 2 aromatic carbocycles. The maximum atomic E-state index is 11.2. The summed E-state index contributed by atoms with van der Waals surface area (Å²) in [6.07, 6.45) is 0. The number of anilines is 1. The van der Waals surface area contributed by atoms with Crippen molar-refractivity contribution in [2.24, 2.45) is 10.2 Å². The van der Waals surface area contributed by atoms with Crippen LogP contribution in [0.25, 0.3) is 0 Å². The van der Waals surface area contributed by atoms with Gasteiger partial charge in [0, 0.05) is 25.2 Å². The summed E-state index contributed by atoms with van der Waals surface area (Å²) in [7, 11) is 1.97. The molecule has 0 fully saturated rings. The van der Waals surface area contributed by atoms with Crippen LogP contribution in [0.4, 0.5) is 17.1 Å². The molecule has 0 saturated carbocycles. The summed E-state index contributed by atoms with van der Waals surface area (Å²) in [5, 5.41) is 17.4. The quantitative estimate of drug-likeness (QED) is 0.611. The van der Waals surface area contributed by atoms with Gasteiger partial charge in [-0.3, -0.25) is 0 Å². The van der Waals surface area contributed by atoms with Crippen molar-refractivity contribution in [2.45, 2.75) is 6.92 Å². The van der Waals surface area contributed by atoms with Crippen LogP contribution in [0.5, 0.6) is 0 Å². The Balaban J connectivity index is 2.25. The van der Waals surface area contributed by atoms with Gasteiger partial charge in [0.25, 0.3) is 0 Å². The van der Waals surface area contributed by atoms with Crippen LogP contribution in [0.1, 0.15) is 15.9 Å². The fourth-order valence-corrected chi connectivity index (χ4v) is 2.35. The summed E-state index contributed by atoms with van der Waals surface area (Å²) in [6, 6.07) is 12.3. The number of hydrogen-bond acceptors (Lipinski definition) is 4. The molecule has 0 spiro atoms. The molecule has 0 radical (unpaired) electrons. The van der Waals surface area contributed by atoms with Gasteiger partial charge in [0.05, 0.1) is 11.3 Å². The van der Waals surface area contributed by atoms with Gasteiger partial charge in [0.2, 0.25) is 0 Å². The third-order valence-electron chi connectivity index (χ3n) is 3.44. The molecule has 0 atom stereocenters. The Morgan fingerprint density at radius 1 is 1.17 bits per heavy atom. The Hall–Kier alpha value is -2.40. The van der Waals surface area contributed by atoms with Crippen LogP contribution >= 0.6 is 11.6 Å². The lowest BCUT2D eigenvalue weighted by molar-refractivity contribution is 0.0698. The zero-order valence-electron chi connectivity index (χ0n) is 13.0. The van der Waals surface area contributed by atoms with Crippen LogP contribution in [-0.4, -0.2) is 30.5 Å². The largest absolute Gasteiger partial charge is 0.478 e. The molecule has 0 aliphatic heterocycles. The SMILES string of the molecule is Cc1cc(N(C)CCCl)ccc1N=Nc1ccccc1C(=O)O.